The van der Waals surface area contributed by atoms with Crippen molar-refractivity contribution in [2.45, 2.75) is 11.8 Å². The molecule has 0 atom stereocenters. The molecule has 7 nitrogen and oxygen atoms in total. The van der Waals surface area contributed by atoms with E-state index >= 15 is 0 Å². The Morgan fingerprint density at radius 2 is 1.95 bits per heavy atom. The Labute approximate surface area is 132 Å². The molecule has 1 heterocycles. The fourth-order valence-electron chi connectivity index (χ4n) is 1.73. The smallest absolute Gasteiger partial charge is 0.350 e. The van der Waals surface area contributed by atoms with Crippen LogP contribution in [0.25, 0.3) is 0 Å². The summed E-state index contributed by atoms with van der Waals surface area (Å²) in [5, 5.41) is 0.0869. The molecular weight excluding hydrogens is 328 g/mol. The number of benzene rings is 1. The summed E-state index contributed by atoms with van der Waals surface area (Å²) in [4.78, 5) is 15.8. The Morgan fingerprint density at radius 1 is 1.27 bits per heavy atom. The van der Waals surface area contributed by atoms with Crippen molar-refractivity contribution in [3.63, 3.8) is 0 Å². The molecule has 0 fully saturated rings. The number of hydrogen-bond acceptors (Lipinski definition) is 7. The average molecular weight is 342 g/mol. The second-order valence-electron chi connectivity index (χ2n) is 4.18. The van der Waals surface area contributed by atoms with E-state index in [1.54, 1.807) is 25.1 Å². The maximum absolute atomic E-state index is 12.4. The lowest BCUT2D eigenvalue weighted by Crippen LogP contribution is -2.13. The van der Waals surface area contributed by atoms with E-state index < -0.39 is 16.0 Å². The molecule has 0 aliphatic rings. The highest BCUT2D eigenvalue weighted by molar-refractivity contribution is 7.93. The molecule has 118 valence electrons. The summed E-state index contributed by atoms with van der Waals surface area (Å²) in [7, 11) is -1.23. The minimum absolute atomic E-state index is 0.00929. The van der Waals surface area contributed by atoms with Gasteiger partial charge in [-0.3, -0.25) is 4.72 Å². The van der Waals surface area contributed by atoms with Crippen molar-refractivity contribution in [1.82, 2.24) is 4.98 Å². The average Bonchev–Trinajstić information content (AvgIpc) is 2.86. The molecule has 2 aromatic rings. The van der Waals surface area contributed by atoms with E-state index in [0.29, 0.717) is 5.69 Å². The Hall–Kier alpha value is -2.13. The van der Waals surface area contributed by atoms with Crippen LogP contribution in [0.5, 0.6) is 5.75 Å². The van der Waals surface area contributed by atoms with Gasteiger partial charge in [-0.05, 0) is 19.1 Å². The molecule has 0 spiro atoms. The fourth-order valence-corrected chi connectivity index (χ4v) is 4.02. The number of nitrogens with one attached hydrogen (secondary N) is 1. The van der Waals surface area contributed by atoms with E-state index in [1.165, 1.54) is 20.3 Å². The van der Waals surface area contributed by atoms with Crippen molar-refractivity contribution in [1.29, 1.82) is 0 Å². The minimum atomic E-state index is -3.87. The van der Waals surface area contributed by atoms with Crippen LogP contribution < -0.4 is 9.46 Å². The minimum Gasteiger partial charge on any atom is -0.495 e. The number of hydrogen-bond donors (Lipinski definition) is 1. The molecule has 0 bridgehead atoms. The number of carbonyl (C=O) groups is 1. The van der Waals surface area contributed by atoms with Crippen LogP contribution in [0.3, 0.4) is 0 Å². The standard InChI is InChI=1S/C13H14N2O5S2/c1-8-11(12(16)20-3)21-13(14-8)15-22(17,18)10-7-5-4-6-9(10)19-2/h4-7H,1-3H3,(H,14,15). The molecule has 1 aromatic carbocycles. The zero-order valence-electron chi connectivity index (χ0n) is 12.1. The Morgan fingerprint density at radius 3 is 2.59 bits per heavy atom. The van der Waals surface area contributed by atoms with Crippen LogP contribution in [-0.2, 0) is 14.8 Å². The van der Waals surface area contributed by atoms with Gasteiger partial charge in [0.25, 0.3) is 10.0 Å². The molecular formula is C13H14N2O5S2. The van der Waals surface area contributed by atoms with E-state index in [1.807, 2.05) is 0 Å². The van der Waals surface area contributed by atoms with Crippen LogP contribution in [0.2, 0.25) is 0 Å². The number of esters is 1. The zero-order chi connectivity index (χ0) is 16.3. The molecule has 0 amide bonds. The highest BCUT2D eigenvalue weighted by atomic mass is 32.2. The summed E-state index contributed by atoms with van der Waals surface area (Å²) in [5.41, 5.74) is 0.398. The predicted octanol–water partition coefficient (Wildman–Crippen LogP) is 2.05. The van der Waals surface area contributed by atoms with E-state index in [0.717, 1.165) is 11.3 Å². The Bertz CT molecular complexity index is 799. The van der Waals surface area contributed by atoms with Crippen LogP contribution in [0.1, 0.15) is 15.4 Å². The van der Waals surface area contributed by atoms with Gasteiger partial charge in [-0.1, -0.05) is 23.5 Å². The van der Waals surface area contributed by atoms with Gasteiger partial charge in [0.1, 0.15) is 15.5 Å². The van der Waals surface area contributed by atoms with E-state index in [4.69, 9.17) is 4.74 Å². The lowest BCUT2D eigenvalue weighted by atomic mass is 10.3. The van der Waals surface area contributed by atoms with E-state index in [2.05, 4.69) is 14.4 Å². The van der Waals surface area contributed by atoms with Crippen LogP contribution in [0, 0.1) is 6.92 Å². The summed E-state index contributed by atoms with van der Waals surface area (Å²) < 4.78 is 36.8. The second kappa shape index (κ2) is 6.32. The van der Waals surface area contributed by atoms with E-state index in [9.17, 15) is 13.2 Å². The summed E-state index contributed by atoms with van der Waals surface area (Å²) in [6.07, 6.45) is 0. The van der Waals surface area contributed by atoms with Gasteiger partial charge in [0, 0.05) is 0 Å². The number of carbonyl (C=O) groups excluding carboxylic acids is 1. The van der Waals surface area contributed by atoms with Crippen molar-refractivity contribution in [2.24, 2.45) is 0 Å². The monoisotopic (exact) mass is 342 g/mol. The normalized spacial score (nSPS) is 11.0. The summed E-state index contributed by atoms with van der Waals surface area (Å²) in [6, 6.07) is 6.22. The molecule has 0 saturated carbocycles. The number of nitrogens with zero attached hydrogens (tertiary/aromatic N) is 1. The number of thiazole rings is 1. The first-order valence-corrected chi connectivity index (χ1v) is 8.40. The molecule has 0 saturated heterocycles. The number of para-hydroxylation sites is 1. The largest absolute Gasteiger partial charge is 0.495 e. The molecule has 0 aliphatic heterocycles. The summed E-state index contributed by atoms with van der Waals surface area (Å²) >= 11 is 0.910. The van der Waals surface area contributed by atoms with Gasteiger partial charge >= 0.3 is 5.97 Å². The van der Waals surface area contributed by atoms with Crippen LogP contribution in [0.15, 0.2) is 29.2 Å². The number of aryl methyl sites for hydroxylation is 1. The summed E-state index contributed by atoms with van der Waals surface area (Å²) in [6.45, 7) is 1.60. The van der Waals surface area contributed by atoms with Crippen molar-refractivity contribution < 1.29 is 22.7 Å². The highest BCUT2D eigenvalue weighted by Gasteiger charge is 2.23. The van der Waals surface area contributed by atoms with Gasteiger partial charge in [-0.25, -0.2) is 18.2 Å². The van der Waals surface area contributed by atoms with Crippen molar-refractivity contribution in [2.75, 3.05) is 18.9 Å². The quantitative estimate of drug-likeness (QED) is 0.836. The number of methoxy groups -OCH3 is 2. The molecule has 0 aliphatic carbocycles. The third kappa shape index (κ3) is 3.20. The van der Waals surface area contributed by atoms with Crippen molar-refractivity contribution >= 4 is 32.5 Å². The maximum Gasteiger partial charge on any atom is 0.350 e. The van der Waals surface area contributed by atoms with Crippen LogP contribution >= 0.6 is 11.3 Å². The van der Waals surface area contributed by atoms with Gasteiger partial charge < -0.3 is 9.47 Å². The predicted molar refractivity (Wildman–Crippen MR) is 82.0 cm³/mol. The molecule has 0 radical (unpaired) electrons. The van der Waals surface area contributed by atoms with Gasteiger partial charge in [0.05, 0.1) is 19.9 Å². The summed E-state index contributed by atoms with van der Waals surface area (Å²) in [5.74, 6) is -0.339. The molecule has 1 N–H and O–H groups in total. The number of rotatable bonds is 5. The third-order valence-corrected chi connectivity index (χ3v) is 5.31. The van der Waals surface area contributed by atoms with Crippen LogP contribution in [-0.4, -0.2) is 33.6 Å². The molecule has 0 unspecified atom stereocenters. The fraction of sp³-hybridized carbons (Fsp3) is 0.231. The Balaban J connectivity index is 2.35. The third-order valence-electron chi connectivity index (χ3n) is 2.75. The van der Waals surface area contributed by atoms with Gasteiger partial charge in [-0.15, -0.1) is 0 Å². The lowest BCUT2D eigenvalue weighted by Gasteiger charge is -2.09. The first-order chi connectivity index (χ1) is 10.4. The van der Waals surface area contributed by atoms with Crippen molar-refractivity contribution in [3.05, 3.63) is 34.8 Å². The maximum atomic E-state index is 12.4. The van der Waals surface area contributed by atoms with Crippen LogP contribution in [0.4, 0.5) is 5.13 Å². The molecule has 2 rings (SSSR count). The number of aromatic nitrogens is 1. The zero-order valence-corrected chi connectivity index (χ0v) is 13.7. The topological polar surface area (TPSA) is 94.6 Å². The van der Waals surface area contributed by atoms with E-state index in [-0.39, 0.29) is 20.7 Å². The number of sulfonamides is 1. The first kappa shape index (κ1) is 16.2. The number of ether oxygens (including phenoxy) is 2. The molecule has 1 aromatic heterocycles. The highest BCUT2D eigenvalue weighted by Crippen LogP contribution is 2.28. The van der Waals surface area contributed by atoms with Gasteiger partial charge in [0.2, 0.25) is 0 Å². The lowest BCUT2D eigenvalue weighted by molar-refractivity contribution is 0.0605. The van der Waals surface area contributed by atoms with Gasteiger partial charge in [-0.2, -0.15) is 0 Å². The Kier molecular flexibility index (Phi) is 4.67. The van der Waals surface area contributed by atoms with Crippen molar-refractivity contribution in [3.8, 4) is 5.75 Å². The SMILES string of the molecule is COC(=O)c1sc(NS(=O)(=O)c2ccccc2OC)nc1C. The first-order valence-electron chi connectivity index (χ1n) is 6.10. The molecule has 9 heteroatoms. The number of anilines is 1. The second-order valence-corrected chi connectivity index (χ2v) is 6.83. The molecule has 22 heavy (non-hydrogen) atoms. The van der Waals surface area contributed by atoms with Gasteiger partial charge in [0.15, 0.2) is 5.13 Å².